The predicted molar refractivity (Wildman–Crippen MR) is 70.0 cm³/mol. The summed E-state index contributed by atoms with van der Waals surface area (Å²) < 4.78 is 12.9. The number of nitrogens with one attached hydrogen (secondary N) is 1. The van der Waals surface area contributed by atoms with Crippen LogP contribution < -0.4 is 5.32 Å². The number of aromatic nitrogens is 1. The molecule has 1 N–H and O–H groups in total. The molecule has 0 aliphatic heterocycles. The number of anilines is 1. The molecule has 0 bridgehead atoms. The highest BCUT2D eigenvalue weighted by atomic mass is 19.1. The van der Waals surface area contributed by atoms with Crippen molar-refractivity contribution in [3.8, 4) is 0 Å². The Bertz CT molecular complexity index is 688. The van der Waals surface area contributed by atoms with Crippen molar-refractivity contribution in [2.24, 2.45) is 0 Å². The number of carbonyl (C=O) groups is 1. The zero-order valence-electron chi connectivity index (χ0n) is 10.5. The molecule has 0 aliphatic carbocycles. The first-order valence-corrected chi connectivity index (χ1v) is 5.65. The Balaban J connectivity index is 2.20. The van der Waals surface area contributed by atoms with Gasteiger partial charge in [0.25, 0.3) is 11.6 Å². The van der Waals surface area contributed by atoms with Crippen molar-refractivity contribution in [2.45, 2.75) is 6.92 Å². The van der Waals surface area contributed by atoms with E-state index in [9.17, 15) is 19.3 Å². The summed E-state index contributed by atoms with van der Waals surface area (Å²) in [5, 5.41) is 13.2. The van der Waals surface area contributed by atoms with Crippen molar-refractivity contribution in [1.82, 2.24) is 4.98 Å². The zero-order valence-corrected chi connectivity index (χ0v) is 10.5. The molecule has 0 fully saturated rings. The Morgan fingerprint density at radius 3 is 2.70 bits per heavy atom. The largest absolute Gasteiger partial charge is 0.322 e. The molecule has 0 atom stereocenters. The van der Waals surface area contributed by atoms with Crippen LogP contribution >= 0.6 is 0 Å². The number of hydrogen-bond donors (Lipinski definition) is 1. The first kappa shape index (κ1) is 13.6. The smallest absolute Gasteiger partial charge is 0.272 e. The topological polar surface area (TPSA) is 85.1 Å². The normalized spacial score (nSPS) is 10.1. The summed E-state index contributed by atoms with van der Waals surface area (Å²) in [7, 11) is 0. The van der Waals surface area contributed by atoms with Gasteiger partial charge in [-0.25, -0.2) is 4.98 Å². The van der Waals surface area contributed by atoms with Crippen molar-refractivity contribution < 1.29 is 14.1 Å². The van der Waals surface area contributed by atoms with Gasteiger partial charge in [0.15, 0.2) is 0 Å². The molecule has 1 aromatic heterocycles. The standard InChI is InChI=1S/C13H10FN3O3/c1-8-6-10(2-3-11(8)17(19)20)16-13(18)9-4-5-15-12(14)7-9/h2-7H,1H3,(H,16,18). The van der Waals surface area contributed by atoms with Crippen LogP contribution in [0.25, 0.3) is 0 Å². The molecule has 102 valence electrons. The van der Waals surface area contributed by atoms with E-state index in [4.69, 9.17) is 0 Å². The molecule has 0 aliphatic rings. The molecule has 6 nitrogen and oxygen atoms in total. The number of amides is 1. The second-order valence-electron chi connectivity index (χ2n) is 4.08. The lowest BCUT2D eigenvalue weighted by Gasteiger charge is -2.06. The summed E-state index contributed by atoms with van der Waals surface area (Å²) in [6, 6.07) is 6.58. The monoisotopic (exact) mass is 275 g/mol. The number of nitro benzene ring substituents is 1. The summed E-state index contributed by atoms with van der Waals surface area (Å²) >= 11 is 0. The van der Waals surface area contributed by atoms with E-state index in [1.165, 1.54) is 30.5 Å². The number of benzene rings is 1. The van der Waals surface area contributed by atoms with Gasteiger partial charge in [-0.1, -0.05) is 0 Å². The number of nitrogens with zero attached hydrogens (tertiary/aromatic N) is 2. The fraction of sp³-hybridized carbons (Fsp3) is 0.0769. The molecule has 0 saturated heterocycles. The van der Waals surface area contributed by atoms with Gasteiger partial charge in [-0.05, 0) is 25.1 Å². The Morgan fingerprint density at radius 1 is 1.35 bits per heavy atom. The van der Waals surface area contributed by atoms with Gasteiger partial charge in [-0.15, -0.1) is 0 Å². The van der Waals surface area contributed by atoms with E-state index in [0.29, 0.717) is 11.3 Å². The Kier molecular flexibility index (Phi) is 3.69. The van der Waals surface area contributed by atoms with Crippen LogP contribution in [-0.4, -0.2) is 15.8 Å². The van der Waals surface area contributed by atoms with Crippen molar-refractivity contribution in [3.05, 3.63) is 63.7 Å². The van der Waals surface area contributed by atoms with Gasteiger partial charge in [-0.3, -0.25) is 14.9 Å². The van der Waals surface area contributed by atoms with Crippen LogP contribution in [0.4, 0.5) is 15.8 Å². The number of halogens is 1. The van der Waals surface area contributed by atoms with Crippen molar-refractivity contribution in [1.29, 1.82) is 0 Å². The number of pyridine rings is 1. The average Bonchev–Trinajstić information content (AvgIpc) is 2.38. The van der Waals surface area contributed by atoms with Gasteiger partial charge in [0.2, 0.25) is 5.95 Å². The molecule has 0 spiro atoms. The maximum absolute atomic E-state index is 12.9. The maximum atomic E-state index is 12.9. The molecule has 0 radical (unpaired) electrons. The minimum absolute atomic E-state index is 0.0297. The van der Waals surface area contributed by atoms with Crippen LogP contribution in [0.3, 0.4) is 0 Å². The summed E-state index contributed by atoms with van der Waals surface area (Å²) in [5.41, 5.74) is 0.912. The SMILES string of the molecule is Cc1cc(NC(=O)c2ccnc(F)c2)ccc1[N+](=O)[O-]. The molecule has 0 unspecified atom stereocenters. The first-order chi connectivity index (χ1) is 9.47. The van der Waals surface area contributed by atoms with Crippen molar-refractivity contribution >= 4 is 17.3 Å². The van der Waals surface area contributed by atoms with Gasteiger partial charge in [0.1, 0.15) is 0 Å². The molecule has 1 amide bonds. The average molecular weight is 275 g/mol. The maximum Gasteiger partial charge on any atom is 0.272 e. The summed E-state index contributed by atoms with van der Waals surface area (Å²) in [6.45, 7) is 1.57. The second-order valence-corrected chi connectivity index (χ2v) is 4.08. The highest BCUT2D eigenvalue weighted by Crippen LogP contribution is 2.21. The van der Waals surface area contributed by atoms with Crippen LogP contribution in [0.15, 0.2) is 36.5 Å². The van der Waals surface area contributed by atoms with Crippen LogP contribution in [-0.2, 0) is 0 Å². The lowest BCUT2D eigenvalue weighted by atomic mass is 10.1. The Morgan fingerprint density at radius 2 is 2.10 bits per heavy atom. The highest BCUT2D eigenvalue weighted by Gasteiger charge is 2.12. The molecule has 20 heavy (non-hydrogen) atoms. The zero-order chi connectivity index (χ0) is 14.7. The lowest BCUT2D eigenvalue weighted by molar-refractivity contribution is -0.385. The van der Waals surface area contributed by atoms with Crippen molar-refractivity contribution in [2.75, 3.05) is 5.32 Å². The second kappa shape index (κ2) is 5.43. The Labute approximate surface area is 113 Å². The number of aryl methyl sites for hydroxylation is 1. The number of hydrogen-bond acceptors (Lipinski definition) is 4. The number of carbonyl (C=O) groups excluding carboxylic acids is 1. The van der Waals surface area contributed by atoms with Gasteiger partial charge in [-0.2, -0.15) is 4.39 Å². The lowest BCUT2D eigenvalue weighted by Crippen LogP contribution is -2.12. The van der Waals surface area contributed by atoms with E-state index in [1.807, 2.05) is 0 Å². The minimum atomic E-state index is -0.752. The van der Waals surface area contributed by atoms with Gasteiger partial charge >= 0.3 is 0 Å². The number of rotatable bonds is 3. The fourth-order valence-corrected chi connectivity index (χ4v) is 1.69. The third-order valence-corrected chi connectivity index (χ3v) is 2.64. The molecule has 2 aromatic rings. The quantitative estimate of drug-likeness (QED) is 0.530. The van der Waals surface area contributed by atoms with Crippen molar-refractivity contribution in [3.63, 3.8) is 0 Å². The summed E-state index contributed by atoms with van der Waals surface area (Å²) in [5.74, 6) is -1.27. The third kappa shape index (κ3) is 2.94. The minimum Gasteiger partial charge on any atom is -0.322 e. The van der Waals surface area contributed by atoms with E-state index in [2.05, 4.69) is 10.3 Å². The molecular weight excluding hydrogens is 265 g/mol. The fourth-order valence-electron chi connectivity index (χ4n) is 1.69. The van der Waals surface area contributed by atoms with Crippen LogP contribution in [0.1, 0.15) is 15.9 Å². The van der Waals surface area contributed by atoms with Gasteiger partial charge < -0.3 is 5.32 Å². The summed E-state index contributed by atoms with van der Waals surface area (Å²) in [4.78, 5) is 25.4. The van der Waals surface area contributed by atoms with E-state index in [1.54, 1.807) is 6.92 Å². The summed E-state index contributed by atoms with van der Waals surface area (Å²) in [6.07, 6.45) is 1.19. The molecule has 0 saturated carbocycles. The van der Waals surface area contributed by atoms with E-state index in [0.717, 1.165) is 6.07 Å². The van der Waals surface area contributed by atoms with E-state index in [-0.39, 0.29) is 11.3 Å². The van der Waals surface area contributed by atoms with Crippen LogP contribution in [0.5, 0.6) is 0 Å². The first-order valence-electron chi connectivity index (χ1n) is 5.65. The highest BCUT2D eigenvalue weighted by molar-refractivity contribution is 6.04. The van der Waals surface area contributed by atoms with Gasteiger partial charge in [0.05, 0.1) is 4.92 Å². The molecule has 1 aromatic carbocycles. The molecular formula is C13H10FN3O3. The van der Waals surface area contributed by atoms with Crippen LogP contribution in [0.2, 0.25) is 0 Å². The number of nitro groups is 1. The third-order valence-electron chi connectivity index (χ3n) is 2.64. The van der Waals surface area contributed by atoms with Gasteiger partial charge in [0, 0.05) is 35.1 Å². The molecule has 2 rings (SSSR count). The van der Waals surface area contributed by atoms with Crippen LogP contribution in [0, 0.1) is 23.0 Å². The van der Waals surface area contributed by atoms with E-state index >= 15 is 0 Å². The predicted octanol–water partition coefficient (Wildman–Crippen LogP) is 2.69. The molecule has 7 heteroatoms. The van der Waals surface area contributed by atoms with E-state index < -0.39 is 16.8 Å². The Hall–Kier alpha value is -2.83. The molecule has 1 heterocycles.